The molecule has 0 fully saturated rings. The second-order valence-electron chi connectivity index (χ2n) is 7.77. The summed E-state index contributed by atoms with van der Waals surface area (Å²) in [5.74, 6) is 0.976. The first-order valence-corrected chi connectivity index (χ1v) is 10.9. The Kier molecular flexibility index (Phi) is 6.16. The lowest BCUT2D eigenvalue weighted by Gasteiger charge is -2.35. The standard InChI is InChI=1S/C25H28N4O2/c1-4-6-16-29-17(3)21(22(26-25(29)30)19-10-8-7-9-11-19)24-27-23(28-31-24)20-14-12-18(5-2)13-15-20/h7-15,22H,4-6,16H2,1-3H3,(H,26,30). The van der Waals surface area contributed by atoms with Gasteiger partial charge in [0.05, 0.1) is 11.6 Å². The van der Waals surface area contributed by atoms with Crippen molar-refractivity contribution in [3.63, 3.8) is 0 Å². The summed E-state index contributed by atoms with van der Waals surface area (Å²) in [5, 5.41) is 7.37. The molecule has 2 aromatic carbocycles. The molecule has 2 amide bonds. The van der Waals surface area contributed by atoms with Crippen molar-refractivity contribution >= 4 is 11.6 Å². The molecule has 1 unspecified atom stereocenters. The van der Waals surface area contributed by atoms with Gasteiger partial charge in [0.25, 0.3) is 5.89 Å². The number of allylic oxidation sites excluding steroid dienone is 1. The number of hydrogen-bond donors (Lipinski definition) is 1. The van der Waals surface area contributed by atoms with Gasteiger partial charge in [-0.25, -0.2) is 4.79 Å². The summed E-state index contributed by atoms with van der Waals surface area (Å²) in [7, 11) is 0. The monoisotopic (exact) mass is 416 g/mol. The van der Waals surface area contributed by atoms with Crippen molar-refractivity contribution in [2.75, 3.05) is 6.54 Å². The molecule has 1 atom stereocenters. The Hall–Kier alpha value is -3.41. The zero-order chi connectivity index (χ0) is 21.8. The van der Waals surface area contributed by atoms with Gasteiger partial charge in [-0.2, -0.15) is 4.98 Å². The number of carbonyl (C=O) groups is 1. The number of hydrogen-bond acceptors (Lipinski definition) is 4. The molecule has 0 bridgehead atoms. The second-order valence-corrected chi connectivity index (χ2v) is 7.77. The molecule has 3 aromatic rings. The van der Waals surface area contributed by atoms with E-state index in [0.29, 0.717) is 18.3 Å². The van der Waals surface area contributed by atoms with Gasteiger partial charge >= 0.3 is 6.03 Å². The van der Waals surface area contributed by atoms with Crippen LogP contribution in [-0.4, -0.2) is 27.6 Å². The summed E-state index contributed by atoms with van der Waals surface area (Å²) in [6, 6.07) is 17.6. The average Bonchev–Trinajstić information content (AvgIpc) is 3.29. The number of aromatic nitrogens is 2. The molecule has 1 aliphatic heterocycles. The zero-order valence-electron chi connectivity index (χ0n) is 18.3. The fourth-order valence-corrected chi connectivity index (χ4v) is 3.88. The molecule has 1 aromatic heterocycles. The minimum absolute atomic E-state index is 0.0987. The SMILES string of the molecule is CCCCN1C(=O)NC(c2ccccc2)C(c2nc(-c3ccc(CC)cc3)no2)=C1C. The van der Waals surface area contributed by atoms with Crippen LogP contribution in [0.4, 0.5) is 4.79 Å². The maximum atomic E-state index is 12.9. The van der Waals surface area contributed by atoms with E-state index >= 15 is 0 Å². The highest BCUT2D eigenvalue weighted by Crippen LogP contribution is 2.37. The Morgan fingerprint density at radius 2 is 1.81 bits per heavy atom. The van der Waals surface area contributed by atoms with Crippen molar-refractivity contribution in [2.45, 2.75) is 46.1 Å². The van der Waals surface area contributed by atoms with Crippen molar-refractivity contribution in [2.24, 2.45) is 0 Å². The van der Waals surface area contributed by atoms with Crippen molar-refractivity contribution in [3.05, 3.63) is 77.3 Å². The number of carbonyl (C=O) groups excluding carboxylic acids is 1. The van der Waals surface area contributed by atoms with Gasteiger partial charge in [-0.15, -0.1) is 0 Å². The molecule has 1 aliphatic rings. The molecule has 0 aliphatic carbocycles. The summed E-state index contributed by atoms with van der Waals surface area (Å²) < 4.78 is 5.73. The molecule has 1 N–H and O–H groups in total. The number of benzene rings is 2. The highest BCUT2D eigenvalue weighted by Gasteiger charge is 2.35. The third-order valence-corrected chi connectivity index (χ3v) is 5.74. The molecule has 160 valence electrons. The van der Waals surface area contributed by atoms with E-state index in [4.69, 9.17) is 9.51 Å². The van der Waals surface area contributed by atoms with Gasteiger partial charge in [-0.05, 0) is 30.9 Å². The number of urea groups is 1. The van der Waals surface area contributed by atoms with Crippen molar-refractivity contribution in [1.29, 1.82) is 0 Å². The summed E-state index contributed by atoms with van der Waals surface area (Å²) in [4.78, 5) is 19.4. The smallest absolute Gasteiger partial charge is 0.322 e. The molecule has 0 spiro atoms. The first kappa shape index (κ1) is 20.8. The highest BCUT2D eigenvalue weighted by atomic mass is 16.5. The predicted molar refractivity (Wildman–Crippen MR) is 121 cm³/mol. The first-order valence-electron chi connectivity index (χ1n) is 10.9. The van der Waals surface area contributed by atoms with Crippen LogP contribution in [0.15, 0.2) is 64.8 Å². The zero-order valence-corrected chi connectivity index (χ0v) is 18.3. The first-order chi connectivity index (χ1) is 15.1. The molecule has 31 heavy (non-hydrogen) atoms. The number of nitrogens with zero attached hydrogens (tertiary/aromatic N) is 3. The van der Waals surface area contributed by atoms with E-state index in [1.807, 2.05) is 49.4 Å². The number of aryl methyl sites for hydroxylation is 1. The van der Waals surface area contributed by atoms with Gasteiger partial charge in [-0.3, -0.25) is 4.90 Å². The molecule has 0 saturated carbocycles. The van der Waals surface area contributed by atoms with Crippen LogP contribution in [0.3, 0.4) is 0 Å². The number of nitrogens with one attached hydrogen (secondary N) is 1. The van der Waals surface area contributed by atoms with Crippen LogP contribution in [-0.2, 0) is 6.42 Å². The van der Waals surface area contributed by atoms with Crippen LogP contribution in [0.25, 0.3) is 17.0 Å². The molecule has 6 heteroatoms. The van der Waals surface area contributed by atoms with Gasteiger partial charge in [0, 0.05) is 17.8 Å². The quantitative estimate of drug-likeness (QED) is 0.544. The molecule has 0 saturated heterocycles. The number of amides is 2. The summed E-state index contributed by atoms with van der Waals surface area (Å²) in [5.41, 5.74) is 4.84. The predicted octanol–water partition coefficient (Wildman–Crippen LogP) is 5.60. The molecular weight excluding hydrogens is 388 g/mol. The van der Waals surface area contributed by atoms with E-state index in [0.717, 1.165) is 41.7 Å². The van der Waals surface area contributed by atoms with E-state index in [1.54, 1.807) is 4.90 Å². The Morgan fingerprint density at radius 1 is 1.06 bits per heavy atom. The Morgan fingerprint density at radius 3 is 2.48 bits per heavy atom. The van der Waals surface area contributed by atoms with E-state index in [2.05, 4.69) is 36.5 Å². The Labute approximate surface area is 183 Å². The molecule has 2 heterocycles. The van der Waals surface area contributed by atoms with E-state index in [1.165, 1.54) is 5.56 Å². The highest BCUT2D eigenvalue weighted by molar-refractivity contribution is 5.86. The van der Waals surface area contributed by atoms with Crippen LogP contribution in [0.2, 0.25) is 0 Å². The average molecular weight is 417 g/mol. The lowest BCUT2D eigenvalue weighted by Crippen LogP contribution is -2.46. The van der Waals surface area contributed by atoms with Gasteiger partial charge < -0.3 is 9.84 Å². The normalized spacial score (nSPS) is 16.5. The second kappa shape index (κ2) is 9.16. The van der Waals surface area contributed by atoms with E-state index in [-0.39, 0.29) is 12.1 Å². The fourth-order valence-electron chi connectivity index (χ4n) is 3.88. The lowest BCUT2D eigenvalue weighted by molar-refractivity contribution is 0.204. The third-order valence-electron chi connectivity index (χ3n) is 5.74. The van der Waals surface area contributed by atoms with E-state index < -0.39 is 0 Å². The number of rotatable bonds is 7. The van der Waals surface area contributed by atoms with Gasteiger partial charge in [-0.1, -0.05) is 80.0 Å². The topological polar surface area (TPSA) is 71.3 Å². The van der Waals surface area contributed by atoms with Crippen molar-refractivity contribution < 1.29 is 9.32 Å². The van der Waals surface area contributed by atoms with Crippen LogP contribution < -0.4 is 5.32 Å². The van der Waals surface area contributed by atoms with Crippen LogP contribution >= 0.6 is 0 Å². The largest absolute Gasteiger partial charge is 0.334 e. The maximum Gasteiger partial charge on any atom is 0.322 e. The molecular formula is C25H28N4O2. The van der Waals surface area contributed by atoms with Crippen LogP contribution in [0, 0.1) is 0 Å². The Balaban J connectivity index is 1.76. The maximum absolute atomic E-state index is 12.9. The van der Waals surface area contributed by atoms with Gasteiger partial charge in [0.15, 0.2) is 0 Å². The fraction of sp³-hybridized carbons (Fsp3) is 0.320. The minimum Gasteiger partial charge on any atom is -0.334 e. The van der Waals surface area contributed by atoms with Gasteiger partial charge in [0.2, 0.25) is 5.82 Å². The van der Waals surface area contributed by atoms with Crippen LogP contribution in [0.1, 0.15) is 56.7 Å². The Bertz CT molecular complexity index is 1070. The van der Waals surface area contributed by atoms with Crippen molar-refractivity contribution in [3.8, 4) is 11.4 Å². The molecule has 6 nitrogen and oxygen atoms in total. The molecule has 0 radical (unpaired) electrons. The molecule has 4 rings (SSSR count). The number of unbranched alkanes of at least 4 members (excludes halogenated alkanes) is 1. The minimum atomic E-state index is -0.345. The van der Waals surface area contributed by atoms with Gasteiger partial charge in [0.1, 0.15) is 0 Å². The summed E-state index contributed by atoms with van der Waals surface area (Å²) in [6.07, 6.45) is 2.91. The van der Waals surface area contributed by atoms with Crippen LogP contribution in [0.5, 0.6) is 0 Å². The third kappa shape index (κ3) is 4.24. The summed E-state index contributed by atoms with van der Waals surface area (Å²) in [6.45, 7) is 6.85. The lowest BCUT2D eigenvalue weighted by atomic mass is 9.94. The summed E-state index contributed by atoms with van der Waals surface area (Å²) >= 11 is 0. The van der Waals surface area contributed by atoms with E-state index in [9.17, 15) is 4.79 Å². The van der Waals surface area contributed by atoms with Crippen molar-refractivity contribution in [1.82, 2.24) is 20.4 Å².